The Bertz CT molecular complexity index is 1020. The number of H-pyrrole nitrogens is 3. The third kappa shape index (κ3) is 2.73. The Morgan fingerprint density at radius 1 is 1.12 bits per heavy atom. The van der Waals surface area contributed by atoms with E-state index in [2.05, 4.69) is 25.5 Å². The number of amides is 1. The molecule has 8 heteroatoms. The van der Waals surface area contributed by atoms with E-state index in [-0.39, 0.29) is 11.9 Å². The molecule has 124 valence electrons. The summed E-state index contributed by atoms with van der Waals surface area (Å²) in [6.07, 6.45) is 0. The van der Waals surface area contributed by atoms with Gasteiger partial charge in [-0.3, -0.25) is 19.5 Å². The maximum atomic E-state index is 12.5. The number of aryl methyl sites for hydroxylation is 2. The molecule has 1 aromatic carbocycles. The quantitative estimate of drug-likeness (QED) is 0.537. The molecule has 1 atom stereocenters. The van der Waals surface area contributed by atoms with E-state index in [4.69, 9.17) is 0 Å². The number of aromatic amines is 3. The Morgan fingerprint density at radius 3 is 2.42 bits per heavy atom. The highest BCUT2D eigenvalue weighted by Crippen LogP contribution is 2.19. The standard InChI is InChI=1S/C16H17N5O3/c1-7(13-8(2)20-21-9(13)3)17-14(22)10-4-5-11-12(6-10)19-16(24)15(23)18-11/h4-7H,1-3H3,(H,17,22)(H,18,23)(H,19,24)(H,20,21)/t7-/m1/s1. The van der Waals surface area contributed by atoms with E-state index in [1.165, 1.54) is 6.07 Å². The van der Waals surface area contributed by atoms with E-state index in [0.717, 1.165) is 17.0 Å². The van der Waals surface area contributed by atoms with Crippen LogP contribution in [0.15, 0.2) is 27.8 Å². The molecule has 0 aliphatic carbocycles. The summed E-state index contributed by atoms with van der Waals surface area (Å²) in [4.78, 5) is 40.1. The zero-order chi connectivity index (χ0) is 17.4. The fourth-order valence-electron chi connectivity index (χ4n) is 2.81. The van der Waals surface area contributed by atoms with Crippen molar-refractivity contribution in [1.29, 1.82) is 0 Å². The molecule has 3 rings (SSSR count). The lowest BCUT2D eigenvalue weighted by atomic mass is 10.1. The smallest absolute Gasteiger partial charge is 0.314 e. The van der Waals surface area contributed by atoms with Crippen molar-refractivity contribution >= 4 is 16.9 Å². The molecule has 0 saturated carbocycles. The van der Waals surface area contributed by atoms with E-state index in [1.807, 2.05) is 20.8 Å². The van der Waals surface area contributed by atoms with Crippen LogP contribution in [-0.2, 0) is 0 Å². The Morgan fingerprint density at radius 2 is 1.79 bits per heavy atom. The second kappa shape index (κ2) is 5.80. The maximum Gasteiger partial charge on any atom is 0.314 e. The average molecular weight is 327 g/mol. The Labute approximate surface area is 136 Å². The molecule has 2 aromatic heterocycles. The number of nitrogens with zero attached hydrogens (tertiary/aromatic N) is 1. The summed E-state index contributed by atoms with van der Waals surface area (Å²) in [6, 6.07) is 4.49. The number of carbonyl (C=O) groups excluding carboxylic acids is 1. The lowest BCUT2D eigenvalue weighted by Gasteiger charge is -2.14. The molecule has 0 spiro atoms. The van der Waals surface area contributed by atoms with E-state index >= 15 is 0 Å². The predicted molar refractivity (Wildman–Crippen MR) is 89.1 cm³/mol. The van der Waals surface area contributed by atoms with Crippen LogP contribution in [0.5, 0.6) is 0 Å². The van der Waals surface area contributed by atoms with Crippen LogP contribution in [0.3, 0.4) is 0 Å². The van der Waals surface area contributed by atoms with Gasteiger partial charge >= 0.3 is 11.1 Å². The molecule has 3 aromatic rings. The minimum atomic E-state index is -0.752. The van der Waals surface area contributed by atoms with Crippen LogP contribution in [0.4, 0.5) is 0 Å². The lowest BCUT2D eigenvalue weighted by Crippen LogP contribution is -2.29. The summed E-state index contributed by atoms with van der Waals surface area (Å²) in [6.45, 7) is 5.65. The first-order chi connectivity index (χ1) is 11.4. The van der Waals surface area contributed by atoms with Crippen LogP contribution in [0.2, 0.25) is 0 Å². The van der Waals surface area contributed by atoms with Gasteiger partial charge in [0.15, 0.2) is 0 Å². The van der Waals surface area contributed by atoms with Gasteiger partial charge in [-0.15, -0.1) is 0 Å². The SMILES string of the molecule is Cc1n[nH]c(C)c1[C@@H](C)NC(=O)c1ccc2[nH]c(=O)c(=O)[nH]c2c1. The molecule has 2 heterocycles. The number of carbonyl (C=O) groups is 1. The van der Waals surface area contributed by atoms with Crippen molar-refractivity contribution in [2.75, 3.05) is 0 Å². The number of rotatable bonds is 3. The molecule has 8 nitrogen and oxygen atoms in total. The van der Waals surface area contributed by atoms with Crippen molar-refractivity contribution in [2.45, 2.75) is 26.8 Å². The molecule has 0 radical (unpaired) electrons. The van der Waals surface area contributed by atoms with E-state index in [0.29, 0.717) is 16.6 Å². The van der Waals surface area contributed by atoms with E-state index < -0.39 is 11.1 Å². The largest absolute Gasteiger partial charge is 0.345 e. The summed E-state index contributed by atoms with van der Waals surface area (Å²) in [5, 5.41) is 9.93. The van der Waals surface area contributed by atoms with Gasteiger partial charge in [-0.1, -0.05) is 0 Å². The van der Waals surface area contributed by atoms with Crippen LogP contribution in [-0.4, -0.2) is 26.1 Å². The first-order valence-corrected chi connectivity index (χ1v) is 7.45. The molecule has 0 aliphatic heterocycles. The van der Waals surface area contributed by atoms with Crippen LogP contribution in [0, 0.1) is 13.8 Å². The highest BCUT2D eigenvalue weighted by molar-refractivity contribution is 5.97. The highest BCUT2D eigenvalue weighted by Gasteiger charge is 2.17. The predicted octanol–water partition coefficient (Wildman–Crippen LogP) is 1.05. The zero-order valence-electron chi connectivity index (χ0n) is 13.5. The number of fused-ring (bicyclic) bond motifs is 1. The van der Waals surface area contributed by atoms with E-state index in [9.17, 15) is 14.4 Å². The minimum Gasteiger partial charge on any atom is -0.345 e. The average Bonchev–Trinajstić information content (AvgIpc) is 2.87. The number of nitrogens with one attached hydrogen (secondary N) is 4. The monoisotopic (exact) mass is 327 g/mol. The Hall–Kier alpha value is -3.16. The third-order valence-electron chi connectivity index (χ3n) is 3.95. The van der Waals surface area contributed by atoms with Gasteiger partial charge < -0.3 is 15.3 Å². The number of aromatic nitrogens is 4. The molecular weight excluding hydrogens is 310 g/mol. The van der Waals surface area contributed by atoms with Crippen molar-refractivity contribution < 1.29 is 4.79 Å². The van der Waals surface area contributed by atoms with Gasteiger partial charge in [-0.2, -0.15) is 5.10 Å². The van der Waals surface area contributed by atoms with Crippen molar-refractivity contribution in [3.8, 4) is 0 Å². The topological polar surface area (TPSA) is 123 Å². The fraction of sp³-hybridized carbons (Fsp3) is 0.250. The van der Waals surface area contributed by atoms with Crippen molar-refractivity contribution in [3.05, 3.63) is 61.4 Å². The molecular formula is C16H17N5O3. The lowest BCUT2D eigenvalue weighted by molar-refractivity contribution is 0.0940. The summed E-state index contributed by atoms with van der Waals surface area (Å²) in [5.74, 6) is -0.281. The zero-order valence-corrected chi connectivity index (χ0v) is 13.5. The Balaban J connectivity index is 1.90. The number of benzene rings is 1. The van der Waals surface area contributed by atoms with Crippen LogP contribution < -0.4 is 16.4 Å². The molecule has 1 amide bonds. The normalized spacial score (nSPS) is 12.3. The van der Waals surface area contributed by atoms with E-state index in [1.54, 1.807) is 12.1 Å². The van der Waals surface area contributed by atoms with Crippen LogP contribution in [0.25, 0.3) is 11.0 Å². The number of hydrogen-bond donors (Lipinski definition) is 4. The van der Waals surface area contributed by atoms with Gasteiger partial charge in [0.1, 0.15) is 0 Å². The molecule has 4 N–H and O–H groups in total. The van der Waals surface area contributed by atoms with Crippen LogP contribution >= 0.6 is 0 Å². The van der Waals surface area contributed by atoms with Gasteiger partial charge in [-0.05, 0) is 39.0 Å². The fourth-order valence-corrected chi connectivity index (χ4v) is 2.81. The third-order valence-corrected chi connectivity index (χ3v) is 3.95. The summed E-state index contributed by atoms with van der Waals surface area (Å²) in [7, 11) is 0. The van der Waals surface area contributed by atoms with Gasteiger partial charge in [0.05, 0.1) is 22.8 Å². The van der Waals surface area contributed by atoms with Crippen molar-refractivity contribution in [1.82, 2.24) is 25.5 Å². The molecule has 0 fully saturated rings. The Kier molecular flexibility index (Phi) is 3.80. The van der Waals surface area contributed by atoms with Gasteiger partial charge in [0.2, 0.25) is 0 Å². The molecule has 24 heavy (non-hydrogen) atoms. The van der Waals surface area contributed by atoms with Crippen molar-refractivity contribution in [3.63, 3.8) is 0 Å². The molecule has 0 unspecified atom stereocenters. The molecule has 0 aliphatic rings. The maximum absolute atomic E-state index is 12.5. The minimum absolute atomic E-state index is 0.221. The summed E-state index contributed by atoms with van der Waals surface area (Å²) in [5.41, 5.74) is 2.46. The molecule has 0 saturated heterocycles. The van der Waals surface area contributed by atoms with Gasteiger partial charge in [0.25, 0.3) is 5.91 Å². The first-order valence-electron chi connectivity index (χ1n) is 7.45. The summed E-state index contributed by atoms with van der Waals surface area (Å²) < 4.78 is 0. The van der Waals surface area contributed by atoms with Crippen molar-refractivity contribution in [2.24, 2.45) is 0 Å². The van der Waals surface area contributed by atoms with Crippen LogP contribution in [0.1, 0.15) is 40.3 Å². The van der Waals surface area contributed by atoms with Gasteiger partial charge in [0, 0.05) is 16.8 Å². The molecule has 0 bridgehead atoms. The highest BCUT2D eigenvalue weighted by atomic mass is 16.2. The second-order valence-electron chi connectivity index (χ2n) is 5.71. The summed E-state index contributed by atoms with van der Waals surface area (Å²) >= 11 is 0. The first kappa shape index (κ1) is 15.7. The second-order valence-corrected chi connectivity index (χ2v) is 5.71. The van der Waals surface area contributed by atoms with Gasteiger partial charge in [-0.25, -0.2) is 0 Å². The number of hydrogen-bond acceptors (Lipinski definition) is 4.